The maximum Gasteiger partial charge on any atom is 0.329 e. The molecule has 0 spiro atoms. The van der Waals surface area contributed by atoms with Gasteiger partial charge in [0, 0.05) is 17.5 Å². The Morgan fingerprint density at radius 2 is 1.83 bits per heavy atom. The van der Waals surface area contributed by atoms with Crippen LogP contribution in [0.15, 0.2) is 53.6 Å². The molecule has 0 fully saturated rings. The monoisotopic (exact) mass is 393 g/mol. The molecular weight excluding hydrogens is 374 g/mol. The third kappa shape index (κ3) is 6.48. The van der Waals surface area contributed by atoms with E-state index in [0.717, 1.165) is 0 Å². The molecule has 0 aliphatic heterocycles. The zero-order valence-corrected chi connectivity index (χ0v) is 15.9. The third-order valence-electron chi connectivity index (χ3n) is 3.62. The van der Waals surface area contributed by atoms with E-state index >= 15 is 0 Å². The normalized spacial score (nSPS) is 10.4. The quantitative estimate of drug-likeness (QED) is 0.392. The van der Waals surface area contributed by atoms with Crippen LogP contribution in [0.5, 0.6) is 5.75 Å². The van der Waals surface area contributed by atoms with Crippen LogP contribution in [0.3, 0.4) is 0 Å². The molecule has 0 saturated heterocycles. The van der Waals surface area contributed by atoms with Crippen molar-refractivity contribution in [2.45, 2.75) is 13.3 Å². The zero-order chi connectivity index (χ0) is 21.2. The van der Waals surface area contributed by atoms with Crippen molar-refractivity contribution in [3.05, 3.63) is 54.1 Å². The fourth-order valence-electron chi connectivity index (χ4n) is 2.24. The van der Waals surface area contributed by atoms with E-state index < -0.39 is 17.7 Å². The summed E-state index contributed by atoms with van der Waals surface area (Å²) in [6, 6.07) is 15.1. The second-order valence-corrected chi connectivity index (χ2v) is 5.86. The minimum Gasteiger partial charge on any atom is -0.497 e. The average Bonchev–Trinajstić information content (AvgIpc) is 2.72. The van der Waals surface area contributed by atoms with Crippen molar-refractivity contribution in [2.75, 3.05) is 17.7 Å². The second-order valence-electron chi connectivity index (χ2n) is 5.86. The SMILES string of the molecule is COc1cccc(NC(=O)C(=O)N/N=C(\C)CC(=O)Nc2ccccc2C#N)c1. The van der Waals surface area contributed by atoms with E-state index in [4.69, 9.17) is 10.00 Å². The molecule has 2 aromatic carbocycles. The lowest BCUT2D eigenvalue weighted by molar-refractivity contribution is -0.136. The fourth-order valence-corrected chi connectivity index (χ4v) is 2.24. The van der Waals surface area contributed by atoms with E-state index in [1.165, 1.54) is 14.0 Å². The van der Waals surface area contributed by atoms with Gasteiger partial charge in [0.2, 0.25) is 5.91 Å². The van der Waals surface area contributed by atoms with Crippen LogP contribution in [-0.4, -0.2) is 30.5 Å². The molecule has 9 nitrogen and oxygen atoms in total. The van der Waals surface area contributed by atoms with Gasteiger partial charge in [0.25, 0.3) is 0 Å². The zero-order valence-electron chi connectivity index (χ0n) is 15.9. The number of rotatable bonds is 6. The third-order valence-corrected chi connectivity index (χ3v) is 3.62. The van der Waals surface area contributed by atoms with Gasteiger partial charge in [-0.3, -0.25) is 14.4 Å². The van der Waals surface area contributed by atoms with Crippen molar-refractivity contribution in [2.24, 2.45) is 5.10 Å². The summed E-state index contributed by atoms with van der Waals surface area (Å²) in [6.07, 6.45) is -0.127. The molecule has 0 aliphatic rings. The Hall–Kier alpha value is -4.19. The van der Waals surface area contributed by atoms with Crippen LogP contribution < -0.4 is 20.8 Å². The predicted molar refractivity (Wildman–Crippen MR) is 107 cm³/mol. The van der Waals surface area contributed by atoms with Crippen molar-refractivity contribution >= 4 is 34.8 Å². The first-order chi connectivity index (χ1) is 13.9. The highest BCUT2D eigenvalue weighted by Gasteiger charge is 2.14. The van der Waals surface area contributed by atoms with Gasteiger partial charge in [-0.15, -0.1) is 0 Å². The van der Waals surface area contributed by atoms with E-state index in [1.54, 1.807) is 48.5 Å². The molecule has 0 atom stereocenters. The van der Waals surface area contributed by atoms with Gasteiger partial charge in [-0.25, -0.2) is 5.43 Å². The van der Waals surface area contributed by atoms with Gasteiger partial charge in [-0.2, -0.15) is 10.4 Å². The lowest BCUT2D eigenvalue weighted by Crippen LogP contribution is -2.33. The molecule has 2 rings (SSSR count). The van der Waals surface area contributed by atoms with E-state index in [0.29, 0.717) is 22.7 Å². The van der Waals surface area contributed by atoms with Crippen molar-refractivity contribution < 1.29 is 19.1 Å². The standard InChI is InChI=1S/C20H19N5O4/c1-13(10-18(26)23-17-9-4-3-6-14(17)12-21)24-25-20(28)19(27)22-15-7-5-8-16(11-15)29-2/h3-9,11H,10H2,1-2H3,(H,22,27)(H,23,26)(H,25,28)/b24-13+. The van der Waals surface area contributed by atoms with E-state index in [2.05, 4.69) is 21.2 Å². The minimum absolute atomic E-state index is 0.127. The topological polar surface area (TPSA) is 133 Å². The largest absolute Gasteiger partial charge is 0.497 e. The van der Waals surface area contributed by atoms with Gasteiger partial charge in [-0.1, -0.05) is 18.2 Å². The molecular formula is C20H19N5O4. The number of ether oxygens (including phenoxy) is 1. The van der Waals surface area contributed by atoms with Crippen LogP contribution in [0.25, 0.3) is 0 Å². The van der Waals surface area contributed by atoms with E-state index in [-0.39, 0.29) is 12.1 Å². The van der Waals surface area contributed by atoms with Crippen molar-refractivity contribution in [1.82, 2.24) is 5.43 Å². The number of anilines is 2. The van der Waals surface area contributed by atoms with Gasteiger partial charge in [0.05, 0.1) is 24.8 Å². The van der Waals surface area contributed by atoms with Crippen molar-refractivity contribution in [3.8, 4) is 11.8 Å². The van der Waals surface area contributed by atoms with Crippen LogP contribution in [0, 0.1) is 11.3 Å². The molecule has 0 radical (unpaired) electrons. The number of nitrogens with zero attached hydrogens (tertiary/aromatic N) is 2. The van der Waals surface area contributed by atoms with Gasteiger partial charge in [0.1, 0.15) is 11.8 Å². The Labute approximate surface area is 167 Å². The van der Waals surface area contributed by atoms with Crippen LogP contribution in [0.1, 0.15) is 18.9 Å². The number of methoxy groups -OCH3 is 1. The Morgan fingerprint density at radius 3 is 2.55 bits per heavy atom. The number of amides is 3. The first-order valence-corrected chi connectivity index (χ1v) is 8.50. The van der Waals surface area contributed by atoms with Crippen LogP contribution in [0.4, 0.5) is 11.4 Å². The molecule has 0 saturated carbocycles. The molecule has 29 heavy (non-hydrogen) atoms. The first kappa shape index (κ1) is 21.1. The number of benzene rings is 2. The van der Waals surface area contributed by atoms with Crippen LogP contribution in [0.2, 0.25) is 0 Å². The highest BCUT2D eigenvalue weighted by atomic mass is 16.5. The lowest BCUT2D eigenvalue weighted by Gasteiger charge is -2.07. The molecule has 0 heterocycles. The van der Waals surface area contributed by atoms with Crippen LogP contribution >= 0.6 is 0 Å². The Kier molecular flexibility index (Phi) is 7.44. The average molecular weight is 393 g/mol. The predicted octanol–water partition coefficient (Wildman–Crippen LogP) is 2.03. The fraction of sp³-hybridized carbons (Fsp3) is 0.150. The number of hydrazone groups is 1. The summed E-state index contributed by atoms with van der Waals surface area (Å²) in [5.41, 5.74) is 3.48. The van der Waals surface area contributed by atoms with E-state index in [9.17, 15) is 14.4 Å². The summed E-state index contributed by atoms with van der Waals surface area (Å²) < 4.78 is 5.04. The summed E-state index contributed by atoms with van der Waals surface area (Å²) in [5.74, 6) is -1.78. The maximum atomic E-state index is 12.1. The number of para-hydroxylation sites is 1. The maximum absolute atomic E-state index is 12.1. The van der Waals surface area contributed by atoms with Crippen LogP contribution in [-0.2, 0) is 14.4 Å². The first-order valence-electron chi connectivity index (χ1n) is 8.50. The van der Waals surface area contributed by atoms with Gasteiger partial charge in [-0.05, 0) is 31.2 Å². The Morgan fingerprint density at radius 1 is 1.07 bits per heavy atom. The minimum atomic E-state index is -0.984. The molecule has 0 aliphatic carbocycles. The summed E-state index contributed by atoms with van der Waals surface area (Å²) in [4.78, 5) is 35.8. The van der Waals surface area contributed by atoms with Gasteiger partial charge >= 0.3 is 11.8 Å². The molecule has 0 unspecified atom stereocenters. The molecule has 0 bridgehead atoms. The van der Waals surface area contributed by atoms with Crippen molar-refractivity contribution in [3.63, 3.8) is 0 Å². The van der Waals surface area contributed by atoms with Gasteiger partial charge in [0.15, 0.2) is 0 Å². The number of hydrogen-bond donors (Lipinski definition) is 3. The molecule has 148 valence electrons. The highest BCUT2D eigenvalue weighted by molar-refractivity contribution is 6.39. The molecule has 3 N–H and O–H groups in total. The number of hydrogen-bond acceptors (Lipinski definition) is 6. The number of carbonyl (C=O) groups is 3. The smallest absolute Gasteiger partial charge is 0.329 e. The summed E-state index contributed by atoms with van der Waals surface area (Å²) in [6.45, 7) is 1.52. The number of nitrogens with one attached hydrogen (secondary N) is 3. The highest BCUT2D eigenvalue weighted by Crippen LogP contribution is 2.16. The summed E-state index contributed by atoms with van der Waals surface area (Å²) in [5, 5.41) is 17.8. The Bertz CT molecular complexity index is 994. The second kappa shape index (κ2) is 10.2. The lowest BCUT2D eigenvalue weighted by atomic mass is 10.2. The van der Waals surface area contributed by atoms with Crippen molar-refractivity contribution in [1.29, 1.82) is 5.26 Å². The summed E-state index contributed by atoms with van der Waals surface area (Å²) >= 11 is 0. The van der Waals surface area contributed by atoms with Gasteiger partial charge < -0.3 is 15.4 Å². The number of carbonyl (C=O) groups excluding carboxylic acids is 3. The number of nitriles is 1. The van der Waals surface area contributed by atoms with E-state index in [1.807, 2.05) is 6.07 Å². The molecule has 0 aromatic heterocycles. The molecule has 2 aromatic rings. The summed E-state index contributed by atoms with van der Waals surface area (Å²) in [7, 11) is 1.49. The Balaban J connectivity index is 1.87. The molecule has 3 amide bonds. The molecule has 9 heteroatoms.